The van der Waals surface area contributed by atoms with E-state index in [1.165, 1.54) is 12.0 Å². The maximum absolute atomic E-state index is 13.4. The van der Waals surface area contributed by atoms with E-state index in [1.807, 2.05) is 57.2 Å². The van der Waals surface area contributed by atoms with Gasteiger partial charge in [-0.2, -0.15) is 0 Å². The summed E-state index contributed by atoms with van der Waals surface area (Å²) >= 11 is 0. The predicted molar refractivity (Wildman–Crippen MR) is 150 cm³/mol. The molecule has 0 saturated carbocycles. The van der Waals surface area contributed by atoms with Crippen LogP contribution >= 0.6 is 0 Å². The molecule has 2 aromatic carbocycles. The van der Waals surface area contributed by atoms with Gasteiger partial charge >= 0.3 is 12.1 Å². The van der Waals surface area contributed by atoms with E-state index >= 15 is 0 Å². The molecule has 0 spiro atoms. The van der Waals surface area contributed by atoms with E-state index in [1.54, 1.807) is 6.08 Å². The first kappa shape index (κ1) is 28.7. The summed E-state index contributed by atoms with van der Waals surface area (Å²) in [6.07, 6.45) is 1.19. The number of methoxy groups -OCH3 is 1. The summed E-state index contributed by atoms with van der Waals surface area (Å²) in [5.41, 5.74) is -1.97. The molecule has 200 valence electrons. The summed E-state index contributed by atoms with van der Waals surface area (Å²) in [4.78, 5) is 28.2. The van der Waals surface area contributed by atoms with Gasteiger partial charge in [-0.25, -0.2) is 9.59 Å². The zero-order chi connectivity index (χ0) is 27.5. The number of nitrogens with zero attached hydrogens (tertiary/aromatic N) is 1. The van der Waals surface area contributed by atoms with Crippen molar-refractivity contribution < 1.29 is 23.5 Å². The van der Waals surface area contributed by atoms with Crippen LogP contribution in [0.2, 0.25) is 5.04 Å². The van der Waals surface area contributed by atoms with Crippen molar-refractivity contribution >= 4 is 30.8 Å². The Kier molecular flexibility index (Phi) is 8.39. The van der Waals surface area contributed by atoms with E-state index in [0.29, 0.717) is 0 Å². The summed E-state index contributed by atoms with van der Waals surface area (Å²) in [6, 6.07) is 20.7. The molecule has 2 aromatic rings. The summed E-state index contributed by atoms with van der Waals surface area (Å²) < 4.78 is 18.3. The fraction of sp³-hybridized carbons (Fsp3) is 0.467. The van der Waals surface area contributed by atoms with Crippen LogP contribution < -0.4 is 10.4 Å². The molecule has 37 heavy (non-hydrogen) atoms. The molecule has 3 rings (SSSR count). The van der Waals surface area contributed by atoms with E-state index in [0.717, 1.165) is 10.4 Å². The number of hydrogen-bond acceptors (Lipinski definition) is 5. The normalized spacial score (nSPS) is 20.4. The summed E-state index contributed by atoms with van der Waals surface area (Å²) in [7, 11) is -1.57. The smallest absolute Gasteiger partial charge is 0.411 e. The molecule has 0 bridgehead atoms. The first-order valence-corrected chi connectivity index (χ1v) is 14.7. The Morgan fingerprint density at radius 2 is 1.51 bits per heavy atom. The Hall–Kier alpha value is -2.90. The molecule has 6 nitrogen and oxygen atoms in total. The minimum Gasteiger partial charge on any atom is -0.467 e. The zero-order valence-corrected chi connectivity index (χ0v) is 24.2. The largest absolute Gasteiger partial charge is 0.467 e. The third-order valence-corrected chi connectivity index (χ3v) is 12.0. The Labute approximate surface area is 222 Å². The second-order valence-corrected chi connectivity index (χ2v) is 16.0. The molecule has 2 atom stereocenters. The number of benzene rings is 2. The molecule has 7 heteroatoms. The average molecular weight is 524 g/mol. The first-order valence-electron chi connectivity index (χ1n) is 12.8. The summed E-state index contributed by atoms with van der Waals surface area (Å²) in [5, 5.41) is 2.02. The van der Waals surface area contributed by atoms with Crippen LogP contribution in [0.5, 0.6) is 0 Å². The molecule has 1 aliphatic rings. The van der Waals surface area contributed by atoms with Gasteiger partial charge in [0.2, 0.25) is 0 Å². The summed E-state index contributed by atoms with van der Waals surface area (Å²) in [6.45, 7) is 16.1. The third-order valence-electron chi connectivity index (χ3n) is 6.89. The van der Waals surface area contributed by atoms with Crippen LogP contribution in [-0.2, 0) is 18.7 Å². The number of carbonyl (C=O) groups excluding carboxylic acids is 2. The van der Waals surface area contributed by atoms with Gasteiger partial charge in [-0.15, -0.1) is 6.58 Å². The van der Waals surface area contributed by atoms with Crippen LogP contribution in [-0.4, -0.2) is 56.2 Å². The van der Waals surface area contributed by atoms with Crippen molar-refractivity contribution in [2.45, 2.75) is 76.7 Å². The Morgan fingerprint density at radius 1 is 1.00 bits per heavy atom. The molecular formula is C30H41NO5Si. The highest BCUT2D eigenvalue weighted by Gasteiger charge is 2.59. The molecule has 0 aliphatic carbocycles. The highest BCUT2D eigenvalue weighted by Crippen LogP contribution is 2.42. The monoisotopic (exact) mass is 523 g/mol. The first-order chi connectivity index (χ1) is 17.3. The SMILES string of the molecule is C=CC[C@]1(C(=O)OC)C[C@@H](O[Si](c2ccccc2)(c2ccccc2)C(C)(C)C)CN1C(=O)OC(C)(C)C. The lowest BCUT2D eigenvalue weighted by atomic mass is 9.91. The molecule has 0 radical (unpaired) electrons. The number of likely N-dealkylation sites (tertiary alicyclic amines) is 1. The van der Waals surface area contributed by atoms with Crippen molar-refractivity contribution in [3.8, 4) is 0 Å². The Morgan fingerprint density at radius 3 is 1.92 bits per heavy atom. The third kappa shape index (κ3) is 5.68. The molecule has 0 unspecified atom stereocenters. The van der Waals surface area contributed by atoms with Crippen molar-refractivity contribution in [3.05, 3.63) is 73.3 Å². The van der Waals surface area contributed by atoms with Crippen LogP contribution in [0.25, 0.3) is 0 Å². The van der Waals surface area contributed by atoms with E-state index in [-0.39, 0.29) is 24.4 Å². The number of rotatable bonds is 7. The molecule has 1 saturated heterocycles. The van der Waals surface area contributed by atoms with Gasteiger partial charge in [-0.05, 0) is 42.6 Å². The van der Waals surface area contributed by atoms with Gasteiger partial charge in [0.25, 0.3) is 8.32 Å². The van der Waals surface area contributed by atoms with Gasteiger partial charge < -0.3 is 13.9 Å². The van der Waals surface area contributed by atoms with Crippen LogP contribution in [0.15, 0.2) is 73.3 Å². The van der Waals surface area contributed by atoms with Crippen molar-refractivity contribution in [1.82, 2.24) is 4.90 Å². The van der Waals surface area contributed by atoms with Crippen molar-refractivity contribution in [2.24, 2.45) is 0 Å². The number of hydrogen-bond donors (Lipinski definition) is 0. The van der Waals surface area contributed by atoms with Gasteiger partial charge in [0, 0.05) is 6.42 Å². The van der Waals surface area contributed by atoms with Crippen LogP contribution in [0.1, 0.15) is 54.4 Å². The number of amides is 1. The van der Waals surface area contributed by atoms with E-state index in [4.69, 9.17) is 13.9 Å². The fourth-order valence-electron chi connectivity index (χ4n) is 5.42. The van der Waals surface area contributed by atoms with E-state index in [2.05, 4.69) is 51.6 Å². The van der Waals surface area contributed by atoms with Gasteiger partial charge in [0.15, 0.2) is 0 Å². The highest BCUT2D eigenvalue weighted by atomic mass is 28.4. The molecule has 1 aliphatic heterocycles. The number of esters is 1. The highest BCUT2D eigenvalue weighted by molar-refractivity contribution is 6.99. The lowest BCUT2D eigenvalue weighted by Crippen LogP contribution is -2.67. The molecule has 1 heterocycles. The predicted octanol–water partition coefficient (Wildman–Crippen LogP) is 5.06. The maximum Gasteiger partial charge on any atom is 0.411 e. The lowest BCUT2D eigenvalue weighted by molar-refractivity contribution is -0.153. The molecule has 1 amide bonds. The van der Waals surface area contributed by atoms with Crippen molar-refractivity contribution in [3.63, 3.8) is 0 Å². The standard InChI is InChI=1S/C30H41NO5Si/c1-9-20-30(26(32)34-8)21-23(22-31(30)27(33)35-28(2,3)4)36-37(29(5,6)7,24-16-12-10-13-17-24)25-18-14-11-15-19-25/h9-19,23H,1,20-22H2,2-8H3/t23-,30-/m1/s1. The zero-order valence-electron chi connectivity index (χ0n) is 23.2. The number of ether oxygens (including phenoxy) is 2. The average Bonchev–Trinajstić information content (AvgIpc) is 3.20. The van der Waals surface area contributed by atoms with E-state index < -0.39 is 37.6 Å². The quantitative estimate of drug-likeness (QED) is 0.288. The Bertz CT molecular complexity index is 1050. The van der Waals surface area contributed by atoms with Crippen molar-refractivity contribution in [1.29, 1.82) is 0 Å². The Balaban J connectivity index is 2.15. The molecule has 0 N–H and O–H groups in total. The maximum atomic E-state index is 13.4. The van der Waals surface area contributed by atoms with Crippen molar-refractivity contribution in [2.75, 3.05) is 13.7 Å². The second-order valence-electron chi connectivity index (χ2n) is 11.7. The fourth-order valence-corrected chi connectivity index (χ4v) is 10.1. The molecule has 0 aromatic heterocycles. The summed E-state index contributed by atoms with van der Waals surface area (Å²) in [5.74, 6) is -0.494. The van der Waals surface area contributed by atoms with Gasteiger partial charge in [-0.3, -0.25) is 4.90 Å². The van der Waals surface area contributed by atoms with Crippen LogP contribution in [0.4, 0.5) is 4.79 Å². The lowest BCUT2D eigenvalue weighted by Gasteiger charge is -2.44. The second kappa shape index (κ2) is 10.8. The van der Waals surface area contributed by atoms with E-state index in [9.17, 15) is 9.59 Å². The number of carbonyl (C=O) groups is 2. The minimum absolute atomic E-state index is 0.211. The molecule has 1 fully saturated rings. The van der Waals surface area contributed by atoms with Gasteiger partial charge in [-0.1, -0.05) is 87.5 Å². The van der Waals surface area contributed by atoms with Gasteiger partial charge in [0.05, 0.1) is 19.8 Å². The van der Waals surface area contributed by atoms with Crippen LogP contribution in [0, 0.1) is 0 Å². The topological polar surface area (TPSA) is 65.1 Å². The van der Waals surface area contributed by atoms with Gasteiger partial charge in [0.1, 0.15) is 11.1 Å². The molecular weight excluding hydrogens is 482 g/mol. The van der Waals surface area contributed by atoms with Crippen LogP contribution in [0.3, 0.4) is 0 Å². The minimum atomic E-state index is -2.91.